The quantitative estimate of drug-likeness (QED) is 0.352. The van der Waals surface area contributed by atoms with Crippen LogP contribution in [0.3, 0.4) is 0 Å². The van der Waals surface area contributed by atoms with E-state index < -0.39 is 0 Å². The second kappa shape index (κ2) is 9.56. The second-order valence-electron chi connectivity index (χ2n) is 6.41. The van der Waals surface area contributed by atoms with Crippen molar-refractivity contribution in [3.63, 3.8) is 0 Å². The maximum atomic E-state index is 12.9. The van der Waals surface area contributed by atoms with Crippen molar-refractivity contribution in [3.8, 4) is 11.5 Å². The zero-order valence-corrected chi connectivity index (χ0v) is 17.9. The molecule has 5 nitrogen and oxygen atoms in total. The maximum Gasteiger partial charge on any atom is 0.256 e. The molecule has 30 heavy (non-hydrogen) atoms. The number of hydrogen-bond acceptors (Lipinski definition) is 6. The van der Waals surface area contributed by atoms with Gasteiger partial charge in [0, 0.05) is 40.2 Å². The molecule has 2 aromatic heterocycles. The number of hydrogen-bond donors (Lipinski definition) is 1. The Kier molecular flexibility index (Phi) is 6.41. The van der Waals surface area contributed by atoms with E-state index in [1.807, 2.05) is 49.4 Å². The van der Waals surface area contributed by atoms with Crippen LogP contribution in [-0.4, -0.2) is 15.9 Å². The first-order chi connectivity index (χ1) is 14.7. The Hall–Kier alpha value is -3.16. The lowest BCUT2D eigenvalue weighted by molar-refractivity contribution is 0.102. The number of ether oxygens (including phenoxy) is 1. The second-order valence-corrected chi connectivity index (χ2v) is 8.49. The number of thiazole rings is 1. The number of pyridine rings is 1. The average molecular weight is 434 g/mol. The van der Waals surface area contributed by atoms with Gasteiger partial charge in [0.25, 0.3) is 5.91 Å². The minimum Gasteiger partial charge on any atom is -0.457 e. The summed E-state index contributed by atoms with van der Waals surface area (Å²) in [5.41, 5.74) is 2.33. The molecule has 150 valence electrons. The van der Waals surface area contributed by atoms with Crippen LogP contribution < -0.4 is 10.1 Å². The van der Waals surface area contributed by atoms with Crippen LogP contribution >= 0.6 is 23.1 Å². The van der Waals surface area contributed by atoms with Crippen molar-refractivity contribution in [2.24, 2.45) is 0 Å². The molecule has 0 saturated heterocycles. The number of rotatable bonds is 7. The van der Waals surface area contributed by atoms with Gasteiger partial charge in [-0.3, -0.25) is 9.78 Å². The molecule has 0 bridgehead atoms. The molecule has 0 aliphatic heterocycles. The summed E-state index contributed by atoms with van der Waals surface area (Å²) in [7, 11) is 0. The highest BCUT2D eigenvalue weighted by Gasteiger charge is 2.13. The zero-order valence-electron chi connectivity index (χ0n) is 16.2. The van der Waals surface area contributed by atoms with Crippen LogP contribution in [0.5, 0.6) is 11.5 Å². The molecule has 0 unspecified atom stereocenters. The van der Waals surface area contributed by atoms with Crippen LogP contribution in [0.1, 0.15) is 21.1 Å². The molecule has 0 aliphatic rings. The lowest BCUT2D eigenvalue weighted by Gasteiger charge is -2.11. The van der Waals surface area contributed by atoms with Gasteiger partial charge in [0.15, 0.2) is 0 Å². The first-order valence-electron chi connectivity index (χ1n) is 9.29. The molecule has 4 aromatic rings. The molecule has 0 atom stereocenters. The van der Waals surface area contributed by atoms with Gasteiger partial charge in [-0.2, -0.15) is 0 Å². The Bertz CT molecular complexity index is 1150. The van der Waals surface area contributed by atoms with Crippen LogP contribution in [0.2, 0.25) is 0 Å². The van der Waals surface area contributed by atoms with E-state index in [2.05, 4.69) is 20.7 Å². The molecular formula is C23H19N3O2S2. The summed E-state index contributed by atoms with van der Waals surface area (Å²) >= 11 is 3.24. The standard InChI is InChI=1S/C23H19N3O2S2/c1-16-25-18(14-29-16)15-30-22-8-3-2-7-21(22)23(27)26-17-5-4-6-20(13-17)28-19-9-11-24-12-10-19/h2-14H,15H2,1H3,(H,26,27). The maximum absolute atomic E-state index is 12.9. The molecular weight excluding hydrogens is 414 g/mol. The van der Waals surface area contributed by atoms with Gasteiger partial charge in [0.2, 0.25) is 0 Å². The van der Waals surface area contributed by atoms with Crippen LogP contribution in [0.4, 0.5) is 5.69 Å². The van der Waals surface area contributed by atoms with Crippen molar-refractivity contribution >= 4 is 34.7 Å². The third kappa shape index (κ3) is 5.25. The summed E-state index contributed by atoms with van der Waals surface area (Å²) < 4.78 is 5.82. The van der Waals surface area contributed by atoms with E-state index in [1.165, 1.54) is 0 Å². The predicted molar refractivity (Wildman–Crippen MR) is 122 cm³/mol. The molecule has 0 aliphatic carbocycles. The van der Waals surface area contributed by atoms with Crippen molar-refractivity contribution in [2.45, 2.75) is 17.6 Å². The van der Waals surface area contributed by atoms with E-state index in [0.29, 0.717) is 22.7 Å². The van der Waals surface area contributed by atoms with E-state index in [0.717, 1.165) is 21.3 Å². The Balaban J connectivity index is 1.45. The molecule has 7 heteroatoms. The summed E-state index contributed by atoms with van der Waals surface area (Å²) in [5, 5.41) is 6.07. The SMILES string of the molecule is Cc1nc(CSc2ccccc2C(=O)Nc2cccc(Oc3ccncc3)c2)cs1. The molecule has 2 heterocycles. The topological polar surface area (TPSA) is 64.1 Å². The highest BCUT2D eigenvalue weighted by atomic mass is 32.2. The largest absolute Gasteiger partial charge is 0.457 e. The first-order valence-corrected chi connectivity index (χ1v) is 11.2. The lowest BCUT2D eigenvalue weighted by Crippen LogP contribution is -2.13. The van der Waals surface area contributed by atoms with Gasteiger partial charge in [0.05, 0.1) is 16.3 Å². The lowest BCUT2D eigenvalue weighted by atomic mass is 10.2. The molecule has 0 fully saturated rings. The van der Waals surface area contributed by atoms with Gasteiger partial charge in [-0.25, -0.2) is 4.98 Å². The molecule has 1 amide bonds. The fourth-order valence-corrected chi connectivity index (χ4v) is 4.44. The minimum atomic E-state index is -0.159. The van der Waals surface area contributed by atoms with E-state index >= 15 is 0 Å². The minimum absolute atomic E-state index is 0.159. The third-order valence-electron chi connectivity index (χ3n) is 4.15. The van der Waals surface area contributed by atoms with E-state index in [-0.39, 0.29) is 5.91 Å². The first kappa shape index (κ1) is 20.1. The van der Waals surface area contributed by atoms with E-state index in [4.69, 9.17) is 4.74 Å². The molecule has 2 aromatic carbocycles. The van der Waals surface area contributed by atoms with Gasteiger partial charge >= 0.3 is 0 Å². The van der Waals surface area contributed by atoms with Gasteiger partial charge in [-0.05, 0) is 43.3 Å². The highest BCUT2D eigenvalue weighted by molar-refractivity contribution is 7.98. The number of amides is 1. The molecule has 4 rings (SSSR count). The number of nitrogens with zero attached hydrogens (tertiary/aromatic N) is 2. The van der Waals surface area contributed by atoms with Crippen LogP contribution in [-0.2, 0) is 5.75 Å². The summed E-state index contributed by atoms with van der Waals surface area (Å²) in [6, 6.07) is 18.5. The van der Waals surface area contributed by atoms with Crippen molar-refractivity contribution in [1.29, 1.82) is 0 Å². The molecule has 0 saturated carbocycles. The zero-order chi connectivity index (χ0) is 20.8. The van der Waals surface area contributed by atoms with Gasteiger partial charge < -0.3 is 10.1 Å². The number of aromatic nitrogens is 2. The Morgan fingerprint density at radius 2 is 1.90 bits per heavy atom. The van der Waals surface area contributed by atoms with Crippen LogP contribution in [0.15, 0.2) is 83.3 Å². The van der Waals surface area contributed by atoms with Gasteiger partial charge in [-0.1, -0.05) is 18.2 Å². The molecule has 0 radical (unpaired) electrons. The van der Waals surface area contributed by atoms with Crippen molar-refractivity contribution in [2.75, 3.05) is 5.32 Å². The monoisotopic (exact) mass is 433 g/mol. The van der Waals surface area contributed by atoms with Crippen LogP contribution in [0.25, 0.3) is 0 Å². The van der Waals surface area contributed by atoms with E-state index in [9.17, 15) is 4.79 Å². The molecule has 0 spiro atoms. The smallest absolute Gasteiger partial charge is 0.256 e. The summed E-state index contributed by atoms with van der Waals surface area (Å²) in [5.74, 6) is 1.89. The summed E-state index contributed by atoms with van der Waals surface area (Å²) in [4.78, 5) is 22.3. The number of benzene rings is 2. The third-order valence-corrected chi connectivity index (χ3v) is 6.08. The fourth-order valence-electron chi connectivity index (χ4n) is 2.78. The number of anilines is 1. The Morgan fingerprint density at radius 3 is 2.70 bits per heavy atom. The average Bonchev–Trinajstić information content (AvgIpc) is 3.18. The summed E-state index contributed by atoms with van der Waals surface area (Å²) in [6.07, 6.45) is 3.34. The number of thioether (sulfide) groups is 1. The number of carbonyl (C=O) groups excluding carboxylic acids is 1. The van der Waals surface area contributed by atoms with Gasteiger partial charge in [-0.15, -0.1) is 23.1 Å². The van der Waals surface area contributed by atoms with Crippen LogP contribution in [0, 0.1) is 6.92 Å². The number of nitrogens with one attached hydrogen (secondary N) is 1. The predicted octanol–water partition coefficient (Wildman–Crippen LogP) is 6.18. The van der Waals surface area contributed by atoms with Crippen molar-refractivity contribution < 1.29 is 9.53 Å². The molecule has 1 N–H and O–H groups in total. The van der Waals surface area contributed by atoms with Crippen molar-refractivity contribution in [3.05, 3.63) is 94.7 Å². The fraction of sp³-hybridized carbons (Fsp3) is 0.0870. The normalized spacial score (nSPS) is 10.6. The Labute approximate surface area is 183 Å². The number of carbonyl (C=O) groups is 1. The van der Waals surface area contributed by atoms with E-state index in [1.54, 1.807) is 53.7 Å². The summed E-state index contributed by atoms with van der Waals surface area (Å²) in [6.45, 7) is 1.99. The highest BCUT2D eigenvalue weighted by Crippen LogP contribution is 2.28. The Morgan fingerprint density at radius 1 is 1.07 bits per heavy atom. The van der Waals surface area contributed by atoms with Gasteiger partial charge in [0.1, 0.15) is 11.5 Å². The number of aryl methyl sites for hydroxylation is 1. The van der Waals surface area contributed by atoms with Crippen molar-refractivity contribution in [1.82, 2.24) is 9.97 Å².